The largest absolute Gasteiger partial charge is 0.298 e. The van der Waals surface area contributed by atoms with Crippen LogP contribution in [0.15, 0.2) is 42.3 Å². The average Bonchev–Trinajstić information content (AvgIpc) is 3.35. The number of thiazole rings is 1. The fourth-order valence-corrected chi connectivity index (χ4v) is 3.91. The van der Waals surface area contributed by atoms with E-state index >= 15 is 0 Å². The van der Waals surface area contributed by atoms with Crippen molar-refractivity contribution in [2.75, 3.05) is 18.4 Å². The molecule has 8 heteroatoms. The Morgan fingerprint density at radius 1 is 1.11 bits per heavy atom. The van der Waals surface area contributed by atoms with Gasteiger partial charge in [0.15, 0.2) is 5.13 Å². The van der Waals surface area contributed by atoms with E-state index in [9.17, 15) is 4.79 Å². The Labute approximate surface area is 162 Å². The number of carbonyl (C=O) groups excluding carboxylic acids is 1. The Hall–Kier alpha value is -2.58. The molecule has 0 aliphatic carbocycles. The van der Waals surface area contributed by atoms with Gasteiger partial charge in [0.05, 0.1) is 12.2 Å². The topological polar surface area (TPSA) is 75.9 Å². The highest BCUT2D eigenvalue weighted by molar-refractivity contribution is 7.13. The lowest BCUT2D eigenvalue weighted by atomic mass is 10.1. The summed E-state index contributed by atoms with van der Waals surface area (Å²) in [5, 5.41) is 9.67. The lowest BCUT2D eigenvalue weighted by Gasteiger charge is -2.25. The highest BCUT2D eigenvalue weighted by atomic mass is 32.1. The summed E-state index contributed by atoms with van der Waals surface area (Å²) >= 11 is 1.48. The van der Waals surface area contributed by atoms with Crippen LogP contribution in [0.3, 0.4) is 0 Å². The van der Waals surface area contributed by atoms with Gasteiger partial charge in [-0.15, -0.1) is 11.3 Å². The van der Waals surface area contributed by atoms with Gasteiger partial charge in [0, 0.05) is 17.5 Å². The summed E-state index contributed by atoms with van der Waals surface area (Å²) in [7, 11) is 0. The summed E-state index contributed by atoms with van der Waals surface area (Å²) in [4.78, 5) is 23.4. The molecule has 2 aromatic heterocycles. The fourth-order valence-electron chi connectivity index (χ4n) is 3.22. The zero-order valence-corrected chi connectivity index (χ0v) is 15.9. The first kappa shape index (κ1) is 17.8. The average molecular weight is 382 g/mol. The number of likely N-dealkylation sites (tertiary alicyclic amines) is 1. The monoisotopic (exact) mass is 382 g/mol. The third-order valence-electron chi connectivity index (χ3n) is 4.63. The van der Waals surface area contributed by atoms with Gasteiger partial charge in [-0.1, -0.05) is 18.6 Å². The molecule has 1 saturated heterocycles. The Kier molecular flexibility index (Phi) is 5.55. The normalized spacial score (nSPS) is 15.0. The quantitative estimate of drug-likeness (QED) is 0.709. The number of benzene rings is 1. The molecule has 0 unspecified atom stereocenters. The number of aromatic nitrogens is 4. The molecule has 0 spiro atoms. The predicted octanol–water partition coefficient (Wildman–Crippen LogP) is 3.02. The van der Waals surface area contributed by atoms with Crippen LogP contribution in [0.4, 0.5) is 5.13 Å². The number of carbonyl (C=O) groups is 1. The maximum atomic E-state index is 12.5. The predicted molar refractivity (Wildman–Crippen MR) is 105 cm³/mol. The molecule has 1 aromatic carbocycles. The van der Waals surface area contributed by atoms with E-state index in [1.54, 1.807) is 11.0 Å². The molecule has 140 valence electrons. The number of rotatable bonds is 6. The van der Waals surface area contributed by atoms with Gasteiger partial charge in [-0.05, 0) is 43.6 Å². The summed E-state index contributed by atoms with van der Waals surface area (Å²) in [6, 6.07) is 7.51. The number of amides is 1. The number of hydrogen-bond donors (Lipinski definition) is 1. The fraction of sp³-hybridized carbons (Fsp3) is 0.368. The van der Waals surface area contributed by atoms with Gasteiger partial charge < -0.3 is 0 Å². The highest BCUT2D eigenvalue weighted by Crippen LogP contribution is 2.19. The molecular weight excluding hydrogens is 360 g/mol. The van der Waals surface area contributed by atoms with Gasteiger partial charge in [0.2, 0.25) is 0 Å². The zero-order valence-electron chi connectivity index (χ0n) is 15.0. The molecule has 1 fully saturated rings. The lowest BCUT2D eigenvalue weighted by molar-refractivity contribution is 0.102. The SMILES string of the molecule is O=C(Nc1nc(CN2CCCCC2)cs1)c1ccc(Cn2cncn2)cc1. The highest BCUT2D eigenvalue weighted by Gasteiger charge is 2.14. The van der Waals surface area contributed by atoms with Crippen molar-refractivity contribution in [3.05, 3.63) is 59.1 Å². The van der Waals surface area contributed by atoms with Crippen LogP contribution in [-0.2, 0) is 13.1 Å². The van der Waals surface area contributed by atoms with Crippen molar-refractivity contribution in [1.29, 1.82) is 0 Å². The third-order valence-corrected chi connectivity index (χ3v) is 5.44. The van der Waals surface area contributed by atoms with Crippen LogP contribution in [0.2, 0.25) is 0 Å². The maximum Gasteiger partial charge on any atom is 0.257 e. The summed E-state index contributed by atoms with van der Waals surface area (Å²) < 4.78 is 1.74. The van der Waals surface area contributed by atoms with Crippen LogP contribution >= 0.6 is 11.3 Å². The van der Waals surface area contributed by atoms with Gasteiger partial charge in [-0.3, -0.25) is 15.0 Å². The molecule has 1 N–H and O–H groups in total. The van der Waals surface area contributed by atoms with Gasteiger partial charge in [-0.25, -0.2) is 14.6 Å². The van der Waals surface area contributed by atoms with E-state index < -0.39 is 0 Å². The maximum absolute atomic E-state index is 12.5. The second kappa shape index (κ2) is 8.41. The van der Waals surface area contributed by atoms with E-state index in [1.807, 2.05) is 29.6 Å². The van der Waals surface area contributed by atoms with Crippen LogP contribution in [0.25, 0.3) is 0 Å². The molecule has 0 bridgehead atoms. The van der Waals surface area contributed by atoms with Crippen molar-refractivity contribution in [1.82, 2.24) is 24.6 Å². The number of nitrogens with zero attached hydrogens (tertiary/aromatic N) is 5. The van der Waals surface area contributed by atoms with Crippen molar-refractivity contribution in [3.63, 3.8) is 0 Å². The lowest BCUT2D eigenvalue weighted by Crippen LogP contribution is -2.29. The van der Waals surface area contributed by atoms with E-state index in [4.69, 9.17) is 0 Å². The summed E-state index contributed by atoms with van der Waals surface area (Å²) in [5.41, 5.74) is 2.71. The number of nitrogens with one attached hydrogen (secondary N) is 1. The van der Waals surface area contributed by atoms with Crippen molar-refractivity contribution < 1.29 is 4.79 Å². The van der Waals surface area contributed by atoms with E-state index in [2.05, 4.69) is 25.3 Å². The minimum atomic E-state index is -0.138. The van der Waals surface area contributed by atoms with Crippen molar-refractivity contribution in [2.24, 2.45) is 0 Å². The van der Waals surface area contributed by atoms with Crippen LogP contribution in [0, 0.1) is 0 Å². The molecule has 7 nitrogen and oxygen atoms in total. The van der Waals surface area contributed by atoms with E-state index in [-0.39, 0.29) is 5.91 Å². The van der Waals surface area contributed by atoms with Crippen LogP contribution in [-0.4, -0.2) is 43.6 Å². The van der Waals surface area contributed by atoms with E-state index in [0.29, 0.717) is 17.2 Å². The van der Waals surface area contributed by atoms with Crippen LogP contribution in [0.5, 0.6) is 0 Å². The molecule has 0 atom stereocenters. The molecule has 3 heterocycles. The van der Waals surface area contributed by atoms with Crippen LogP contribution in [0.1, 0.15) is 40.9 Å². The Morgan fingerprint density at radius 3 is 2.67 bits per heavy atom. The second-order valence-corrected chi connectivity index (χ2v) is 7.58. The molecule has 1 aliphatic heterocycles. The smallest absolute Gasteiger partial charge is 0.257 e. The number of piperidine rings is 1. The number of anilines is 1. The van der Waals surface area contributed by atoms with Crippen molar-refractivity contribution >= 4 is 22.4 Å². The van der Waals surface area contributed by atoms with E-state index in [1.165, 1.54) is 36.9 Å². The Bertz CT molecular complexity index is 868. The second-order valence-electron chi connectivity index (χ2n) is 6.72. The molecular formula is C19H22N6OS. The minimum absolute atomic E-state index is 0.138. The molecule has 27 heavy (non-hydrogen) atoms. The summed E-state index contributed by atoms with van der Waals surface area (Å²) in [6.07, 6.45) is 7.04. The number of hydrogen-bond acceptors (Lipinski definition) is 6. The Balaban J connectivity index is 1.33. The standard InChI is InChI=1S/C19H22N6OS/c26-18(16-6-4-15(5-7-16)10-25-14-20-13-21-25)23-19-22-17(12-27-19)11-24-8-2-1-3-9-24/h4-7,12-14H,1-3,8-11H2,(H,22,23,26). The first-order valence-corrected chi connectivity index (χ1v) is 10.0. The summed E-state index contributed by atoms with van der Waals surface area (Å²) in [5.74, 6) is -0.138. The minimum Gasteiger partial charge on any atom is -0.298 e. The summed E-state index contributed by atoms with van der Waals surface area (Å²) in [6.45, 7) is 3.78. The third kappa shape index (κ3) is 4.78. The molecule has 1 aliphatic rings. The first-order valence-electron chi connectivity index (χ1n) is 9.16. The van der Waals surface area contributed by atoms with Crippen LogP contribution < -0.4 is 5.32 Å². The molecule has 1 amide bonds. The molecule has 4 rings (SSSR count). The molecule has 0 radical (unpaired) electrons. The van der Waals surface area contributed by atoms with Gasteiger partial charge >= 0.3 is 0 Å². The Morgan fingerprint density at radius 2 is 1.93 bits per heavy atom. The van der Waals surface area contributed by atoms with Gasteiger partial charge in [0.1, 0.15) is 12.7 Å². The molecule has 3 aromatic rings. The molecule has 0 saturated carbocycles. The van der Waals surface area contributed by atoms with Crippen molar-refractivity contribution in [2.45, 2.75) is 32.4 Å². The first-order chi connectivity index (χ1) is 13.3. The van der Waals surface area contributed by atoms with Crippen molar-refractivity contribution in [3.8, 4) is 0 Å². The van der Waals surface area contributed by atoms with Gasteiger partial charge in [0.25, 0.3) is 5.91 Å². The van der Waals surface area contributed by atoms with Gasteiger partial charge in [-0.2, -0.15) is 5.10 Å². The zero-order chi connectivity index (χ0) is 18.5. The van der Waals surface area contributed by atoms with E-state index in [0.717, 1.165) is 30.9 Å².